The van der Waals surface area contributed by atoms with Crippen molar-refractivity contribution < 1.29 is 24.5 Å². The molecule has 6 heteroatoms. The van der Waals surface area contributed by atoms with E-state index < -0.39 is 36.2 Å². The van der Waals surface area contributed by atoms with Gasteiger partial charge in [0.05, 0.1) is 18.8 Å². The molecule has 1 amide bonds. The van der Waals surface area contributed by atoms with Crippen LogP contribution in [0.15, 0.2) is 0 Å². The Labute approximate surface area is 190 Å². The third-order valence-electron chi connectivity index (χ3n) is 6.00. The molecular weight excluding hydrogens is 394 g/mol. The molecule has 1 fully saturated rings. The summed E-state index contributed by atoms with van der Waals surface area (Å²) in [6.07, 6.45) is 12.8. The number of rotatable bonds is 15. The van der Waals surface area contributed by atoms with Gasteiger partial charge in [-0.15, -0.1) is 0 Å². The Kier molecular flexibility index (Phi) is 13.7. The minimum absolute atomic E-state index is 0.205. The van der Waals surface area contributed by atoms with Gasteiger partial charge in [0.15, 0.2) is 0 Å². The maximum atomic E-state index is 12.5. The monoisotopic (exact) mass is 443 g/mol. The Hall–Kier alpha value is -0.850. The molecule has 1 saturated heterocycles. The molecule has 184 valence electrons. The molecule has 1 unspecified atom stereocenters. The first-order valence-electron chi connectivity index (χ1n) is 12.7. The maximum absolute atomic E-state index is 12.5. The van der Waals surface area contributed by atoms with Crippen LogP contribution >= 0.6 is 0 Å². The number of ether oxygens (including phenoxy) is 2. The predicted molar refractivity (Wildman–Crippen MR) is 125 cm³/mol. The molecule has 4 atom stereocenters. The van der Waals surface area contributed by atoms with Crippen LogP contribution in [0.1, 0.15) is 118 Å². The van der Waals surface area contributed by atoms with Gasteiger partial charge in [-0.05, 0) is 34.1 Å². The minimum atomic E-state index is -1.04. The number of unbranched alkanes of at least 4 members (excludes halogenated alkanes) is 11. The summed E-state index contributed by atoms with van der Waals surface area (Å²) in [6, 6.07) is -0.586. The SMILES string of the molecule is CCCCCCCCCCCCCC[C@@H](O)[C@@H](O)[C@@H]1COC(C)N1C(=O)OC(C)(C)C. The molecule has 1 aliphatic rings. The second kappa shape index (κ2) is 15.1. The lowest BCUT2D eigenvalue weighted by Crippen LogP contribution is -2.52. The largest absolute Gasteiger partial charge is 0.444 e. The molecule has 6 nitrogen and oxygen atoms in total. The maximum Gasteiger partial charge on any atom is 0.412 e. The van der Waals surface area contributed by atoms with E-state index in [0.29, 0.717) is 6.42 Å². The molecule has 0 saturated carbocycles. The molecule has 1 rings (SSSR count). The lowest BCUT2D eigenvalue weighted by Gasteiger charge is -2.33. The van der Waals surface area contributed by atoms with Crippen LogP contribution in [-0.2, 0) is 9.47 Å². The van der Waals surface area contributed by atoms with Gasteiger partial charge in [-0.2, -0.15) is 0 Å². The molecule has 31 heavy (non-hydrogen) atoms. The first-order valence-corrected chi connectivity index (χ1v) is 12.7. The normalized spacial score (nSPS) is 21.3. The van der Waals surface area contributed by atoms with E-state index in [-0.39, 0.29) is 6.61 Å². The molecule has 1 heterocycles. The molecule has 2 N–H and O–H groups in total. The highest BCUT2D eigenvalue weighted by Crippen LogP contribution is 2.25. The quantitative estimate of drug-likeness (QED) is 0.314. The Morgan fingerprint density at radius 1 is 0.968 bits per heavy atom. The Morgan fingerprint density at radius 3 is 1.94 bits per heavy atom. The van der Waals surface area contributed by atoms with Crippen molar-refractivity contribution in [3.05, 3.63) is 0 Å². The third-order valence-corrected chi connectivity index (χ3v) is 6.00. The average Bonchev–Trinajstić information content (AvgIpc) is 3.08. The van der Waals surface area contributed by atoms with Crippen LogP contribution in [0.2, 0.25) is 0 Å². The van der Waals surface area contributed by atoms with E-state index in [0.717, 1.165) is 12.8 Å². The number of nitrogens with zero attached hydrogens (tertiary/aromatic N) is 1. The summed E-state index contributed by atoms with van der Waals surface area (Å²) in [6.45, 7) is 9.63. The summed E-state index contributed by atoms with van der Waals surface area (Å²) in [4.78, 5) is 13.9. The molecular formula is C25H49NO5. The number of amides is 1. The zero-order chi connectivity index (χ0) is 23.3. The first-order chi connectivity index (χ1) is 14.7. The molecule has 0 aromatic rings. The molecule has 0 aromatic heterocycles. The third kappa shape index (κ3) is 11.5. The number of carbonyl (C=O) groups excluding carboxylic acids is 1. The van der Waals surface area contributed by atoms with E-state index in [1.807, 2.05) is 0 Å². The Morgan fingerprint density at radius 2 is 1.45 bits per heavy atom. The van der Waals surface area contributed by atoms with Gasteiger partial charge in [0.2, 0.25) is 0 Å². The van der Waals surface area contributed by atoms with Gasteiger partial charge in [-0.3, -0.25) is 4.90 Å². The topological polar surface area (TPSA) is 79.2 Å². The number of hydrogen-bond donors (Lipinski definition) is 2. The zero-order valence-corrected chi connectivity index (χ0v) is 20.8. The summed E-state index contributed by atoms with van der Waals surface area (Å²) in [5.74, 6) is 0. The first kappa shape index (κ1) is 28.2. The van der Waals surface area contributed by atoms with Crippen LogP contribution in [0.5, 0.6) is 0 Å². The van der Waals surface area contributed by atoms with Crippen LogP contribution in [0.25, 0.3) is 0 Å². The standard InChI is InChI=1S/C25H49NO5/c1-6-7-8-9-10-11-12-13-14-15-16-17-18-22(27)23(28)21-19-30-20(2)26(21)24(29)31-25(3,4)5/h20-23,27-28H,6-19H2,1-5H3/t20?,21-,22+,23-/m0/s1. The summed E-state index contributed by atoms with van der Waals surface area (Å²) < 4.78 is 11.0. The molecule has 0 bridgehead atoms. The van der Waals surface area contributed by atoms with Gasteiger partial charge < -0.3 is 19.7 Å². The van der Waals surface area contributed by atoms with Crippen LogP contribution in [0, 0.1) is 0 Å². The van der Waals surface area contributed by atoms with Crippen molar-refractivity contribution >= 4 is 6.09 Å². The lowest BCUT2D eigenvalue weighted by molar-refractivity contribution is -0.0452. The fourth-order valence-electron chi connectivity index (χ4n) is 4.15. The molecule has 1 aliphatic heterocycles. The second-order valence-electron chi connectivity index (χ2n) is 10.1. The van der Waals surface area contributed by atoms with Crippen LogP contribution < -0.4 is 0 Å². The van der Waals surface area contributed by atoms with Gasteiger partial charge in [0.1, 0.15) is 17.9 Å². The van der Waals surface area contributed by atoms with Crippen LogP contribution in [0.4, 0.5) is 4.79 Å². The van der Waals surface area contributed by atoms with Gasteiger partial charge >= 0.3 is 6.09 Å². The predicted octanol–water partition coefficient (Wildman–Crippen LogP) is 5.78. The fraction of sp³-hybridized carbons (Fsp3) is 0.960. The van der Waals surface area contributed by atoms with Crippen molar-refractivity contribution in [1.82, 2.24) is 4.90 Å². The average molecular weight is 444 g/mol. The van der Waals surface area contributed by atoms with E-state index in [2.05, 4.69) is 6.92 Å². The minimum Gasteiger partial charge on any atom is -0.444 e. The lowest BCUT2D eigenvalue weighted by atomic mass is 9.99. The number of carbonyl (C=O) groups is 1. The molecule has 0 radical (unpaired) electrons. The van der Waals surface area contributed by atoms with Crippen LogP contribution in [-0.4, -0.2) is 57.9 Å². The van der Waals surface area contributed by atoms with Gasteiger partial charge in [-0.25, -0.2) is 4.79 Å². The van der Waals surface area contributed by atoms with Crippen molar-refractivity contribution in [2.75, 3.05) is 6.61 Å². The number of aliphatic hydroxyl groups is 2. The van der Waals surface area contributed by atoms with Crippen molar-refractivity contribution in [2.45, 2.75) is 148 Å². The molecule has 0 aromatic carbocycles. The van der Waals surface area contributed by atoms with E-state index in [9.17, 15) is 15.0 Å². The molecule has 0 spiro atoms. The second-order valence-corrected chi connectivity index (χ2v) is 10.1. The van der Waals surface area contributed by atoms with Crippen LogP contribution in [0.3, 0.4) is 0 Å². The summed E-state index contributed by atoms with van der Waals surface area (Å²) in [7, 11) is 0. The van der Waals surface area contributed by atoms with Gasteiger partial charge in [0, 0.05) is 0 Å². The van der Waals surface area contributed by atoms with E-state index in [1.165, 1.54) is 69.1 Å². The van der Waals surface area contributed by atoms with E-state index >= 15 is 0 Å². The Balaban J connectivity index is 2.20. The van der Waals surface area contributed by atoms with Crippen molar-refractivity contribution in [2.24, 2.45) is 0 Å². The Bertz CT molecular complexity index is 479. The highest BCUT2D eigenvalue weighted by molar-refractivity contribution is 5.69. The number of hydrogen-bond acceptors (Lipinski definition) is 5. The van der Waals surface area contributed by atoms with E-state index in [1.54, 1.807) is 27.7 Å². The summed E-state index contributed by atoms with van der Waals surface area (Å²) >= 11 is 0. The highest BCUT2D eigenvalue weighted by Gasteiger charge is 2.43. The molecule has 0 aliphatic carbocycles. The zero-order valence-electron chi connectivity index (χ0n) is 20.8. The number of aliphatic hydroxyl groups excluding tert-OH is 2. The summed E-state index contributed by atoms with van der Waals surface area (Å²) in [5, 5.41) is 21.1. The van der Waals surface area contributed by atoms with Crippen molar-refractivity contribution in [1.29, 1.82) is 0 Å². The highest BCUT2D eigenvalue weighted by atomic mass is 16.6. The van der Waals surface area contributed by atoms with Crippen molar-refractivity contribution in [3.8, 4) is 0 Å². The smallest absolute Gasteiger partial charge is 0.412 e. The van der Waals surface area contributed by atoms with Crippen molar-refractivity contribution in [3.63, 3.8) is 0 Å². The summed E-state index contributed by atoms with van der Waals surface area (Å²) in [5.41, 5.74) is -0.622. The fourth-order valence-corrected chi connectivity index (χ4v) is 4.15. The van der Waals surface area contributed by atoms with Gasteiger partial charge in [0.25, 0.3) is 0 Å². The van der Waals surface area contributed by atoms with E-state index in [4.69, 9.17) is 9.47 Å². The van der Waals surface area contributed by atoms with Gasteiger partial charge in [-0.1, -0.05) is 84.0 Å².